The average molecular weight is 546 g/mol. The van der Waals surface area contributed by atoms with Crippen LogP contribution in [0.25, 0.3) is 0 Å². The highest BCUT2D eigenvalue weighted by atomic mass is 35.5. The van der Waals surface area contributed by atoms with Gasteiger partial charge in [-0.25, -0.2) is 8.78 Å². The first-order valence-corrected chi connectivity index (χ1v) is 13.7. The highest BCUT2D eigenvalue weighted by molar-refractivity contribution is 6.30. The van der Waals surface area contributed by atoms with Crippen molar-refractivity contribution in [3.63, 3.8) is 0 Å². The van der Waals surface area contributed by atoms with Crippen molar-refractivity contribution in [1.82, 2.24) is 5.32 Å². The largest absolute Gasteiger partial charge is 0.425 e. The van der Waals surface area contributed by atoms with Crippen molar-refractivity contribution in [2.75, 3.05) is 0 Å². The fraction of sp³-hybridized carbons (Fsp3) is 0.533. The van der Waals surface area contributed by atoms with E-state index >= 15 is 4.39 Å². The van der Waals surface area contributed by atoms with Gasteiger partial charge in [0.15, 0.2) is 17.4 Å². The van der Waals surface area contributed by atoms with Crippen LogP contribution in [0.15, 0.2) is 36.4 Å². The molecule has 2 aromatic rings. The van der Waals surface area contributed by atoms with Gasteiger partial charge in [-0.3, -0.25) is 9.59 Å². The molecular formula is C30H34ClF2NO4. The Bertz CT molecular complexity index is 1250. The summed E-state index contributed by atoms with van der Waals surface area (Å²) in [6.07, 6.45) is 3.08. The Labute approximate surface area is 226 Å². The third-order valence-electron chi connectivity index (χ3n) is 8.47. The van der Waals surface area contributed by atoms with E-state index in [1.807, 2.05) is 20.8 Å². The minimum atomic E-state index is -1.45. The predicted octanol–water partition coefficient (Wildman–Crippen LogP) is 5.85. The lowest BCUT2D eigenvalue weighted by atomic mass is 9.62. The quantitative estimate of drug-likeness (QED) is 0.364. The van der Waals surface area contributed by atoms with E-state index in [1.54, 1.807) is 18.2 Å². The van der Waals surface area contributed by atoms with E-state index in [9.17, 15) is 19.1 Å². The SMILES string of the molecule is CC(C)(C)C[C@H]1N[C@@H](C(=O)CC2CCC(O)CC2)[C@H](c2cccc(F)c2F)[C@@]12C(=O)Oc1cc(Cl)ccc12. The third-order valence-corrected chi connectivity index (χ3v) is 8.71. The summed E-state index contributed by atoms with van der Waals surface area (Å²) in [4.78, 5) is 28.0. The van der Waals surface area contributed by atoms with Gasteiger partial charge < -0.3 is 15.2 Å². The number of aliphatic hydroxyl groups excluding tert-OH is 1. The summed E-state index contributed by atoms with van der Waals surface area (Å²) in [6, 6.07) is 7.31. The maximum Gasteiger partial charge on any atom is 0.324 e. The van der Waals surface area contributed by atoms with Gasteiger partial charge in [0.05, 0.1) is 12.1 Å². The molecule has 1 saturated heterocycles. The molecule has 5 nitrogen and oxygen atoms in total. The highest BCUT2D eigenvalue weighted by Gasteiger charge is 2.67. The van der Waals surface area contributed by atoms with Gasteiger partial charge in [-0.05, 0) is 67.2 Å². The molecule has 1 spiro atoms. The van der Waals surface area contributed by atoms with Crippen molar-refractivity contribution < 1.29 is 28.2 Å². The number of Topliss-reactive ketones (excluding diaryl/α,β-unsaturated/α-hetero) is 1. The number of halogens is 3. The Hall–Kier alpha value is -2.35. The van der Waals surface area contributed by atoms with Crippen LogP contribution in [0.4, 0.5) is 8.78 Å². The Balaban J connectivity index is 1.67. The number of hydrogen-bond donors (Lipinski definition) is 2. The number of nitrogens with one attached hydrogen (secondary N) is 1. The topological polar surface area (TPSA) is 75.6 Å². The molecule has 2 aromatic carbocycles. The number of aliphatic hydroxyl groups is 1. The zero-order valence-corrected chi connectivity index (χ0v) is 22.7. The summed E-state index contributed by atoms with van der Waals surface area (Å²) in [6.45, 7) is 6.10. The third kappa shape index (κ3) is 4.67. The molecule has 0 amide bonds. The van der Waals surface area contributed by atoms with Crippen LogP contribution in [-0.4, -0.2) is 35.0 Å². The van der Waals surface area contributed by atoms with E-state index in [-0.39, 0.29) is 41.0 Å². The van der Waals surface area contributed by atoms with E-state index < -0.39 is 41.0 Å². The number of benzene rings is 2. The molecule has 0 aromatic heterocycles. The number of esters is 1. The second-order valence-electron chi connectivity index (χ2n) is 12.3. The number of hydrogen-bond acceptors (Lipinski definition) is 5. The summed E-state index contributed by atoms with van der Waals surface area (Å²) in [5.74, 6) is -3.50. The molecule has 0 bridgehead atoms. The molecule has 2 N–H and O–H groups in total. The number of rotatable bonds is 5. The lowest BCUT2D eigenvalue weighted by Gasteiger charge is -2.36. The van der Waals surface area contributed by atoms with E-state index in [2.05, 4.69) is 5.32 Å². The van der Waals surface area contributed by atoms with Gasteiger partial charge in [-0.2, -0.15) is 0 Å². The summed E-state index contributed by atoms with van der Waals surface area (Å²) in [7, 11) is 0. The van der Waals surface area contributed by atoms with Crippen LogP contribution >= 0.6 is 11.6 Å². The minimum absolute atomic E-state index is 0.0222. The lowest BCUT2D eigenvalue weighted by Crippen LogP contribution is -2.49. The molecule has 2 fully saturated rings. The van der Waals surface area contributed by atoms with Crippen LogP contribution in [0.3, 0.4) is 0 Å². The van der Waals surface area contributed by atoms with Crippen LogP contribution in [0.2, 0.25) is 5.02 Å². The first kappa shape index (κ1) is 27.2. The molecule has 4 atom stereocenters. The van der Waals surface area contributed by atoms with Crippen LogP contribution in [0.5, 0.6) is 5.75 Å². The maximum atomic E-state index is 15.5. The van der Waals surface area contributed by atoms with E-state index in [1.165, 1.54) is 12.1 Å². The second kappa shape index (κ2) is 10.00. The summed E-state index contributed by atoms with van der Waals surface area (Å²) in [5.41, 5.74) is -1.21. The zero-order valence-electron chi connectivity index (χ0n) is 21.9. The standard InChI is InChI=1S/C30H34ClF2NO4/c1-29(2,3)15-24-30(20-12-9-17(31)14-23(20)38-28(30)37)25(19-5-4-6-21(32)26(19)33)27(34-24)22(36)13-16-7-10-18(35)11-8-16/h4-6,9,12,14,16,18,24-25,27,34-35H,7-8,10-11,13,15H2,1-3H3/t16?,18?,24-,25+,27+,30+/m1/s1. The number of carbonyl (C=O) groups is 2. The van der Waals surface area contributed by atoms with E-state index in [4.69, 9.17) is 16.3 Å². The van der Waals surface area contributed by atoms with Crippen LogP contribution in [0.1, 0.15) is 76.3 Å². The molecule has 5 rings (SSSR count). The van der Waals surface area contributed by atoms with Crippen molar-refractivity contribution in [2.45, 2.75) is 88.8 Å². The van der Waals surface area contributed by atoms with Gasteiger partial charge in [-0.15, -0.1) is 0 Å². The van der Waals surface area contributed by atoms with Crippen molar-refractivity contribution in [3.05, 3.63) is 64.2 Å². The smallest absolute Gasteiger partial charge is 0.324 e. The van der Waals surface area contributed by atoms with Gasteiger partial charge in [-0.1, -0.05) is 50.6 Å². The fourth-order valence-corrected chi connectivity index (χ4v) is 6.98. The summed E-state index contributed by atoms with van der Waals surface area (Å²) in [5, 5.41) is 13.7. The van der Waals surface area contributed by atoms with Gasteiger partial charge in [0.2, 0.25) is 0 Å². The Morgan fingerprint density at radius 1 is 1.16 bits per heavy atom. The second-order valence-corrected chi connectivity index (χ2v) is 12.8. The first-order chi connectivity index (χ1) is 17.9. The highest BCUT2D eigenvalue weighted by Crippen LogP contribution is 2.58. The van der Waals surface area contributed by atoms with Crippen molar-refractivity contribution in [1.29, 1.82) is 0 Å². The van der Waals surface area contributed by atoms with E-state index in [0.717, 1.165) is 18.9 Å². The van der Waals surface area contributed by atoms with Gasteiger partial charge in [0, 0.05) is 29.0 Å². The minimum Gasteiger partial charge on any atom is -0.425 e. The van der Waals surface area contributed by atoms with Crippen molar-refractivity contribution in [3.8, 4) is 5.75 Å². The molecule has 3 aliphatic rings. The maximum absolute atomic E-state index is 15.5. The number of ketones is 1. The lowest BCUT2D eigenvalue weighted by molar-refractivity contribution is -0.139. The fourth-order valence-electron chi connectivity index (χ4n) is 6.82. The van der Waals surface area contributed by atoms with E-state index in [0.29, 0.717) is 29.8 Å². The van der Waals surface area contributed by atoms with Crippen LogP contribution in [-0.2, 0) is 15.0 Å². The van der Waals surface area contributed by atoms with Gasteiger partial charge in [0.25, 0.3) is 0 Å². The average Bonchev–Trinajstić information content (AvgIpc) is 3.31. The monoisotopic (exact) mass is 545 g/mol. The van der Waals surface area contributed by atoms with Crippen LogP contribution in [0, 0.1) is 23.0 Å². The Morgan fingerprint density at radius 3 is 2.55 bits per heavy atom. The van der Waals surface area contributed by atoms with Gasteiger partial charge in [0.1, 0.15) is 11.2 Å². The summed E-state index contributed by atoms with van der Waals surface area (Å²) >= 11 is 6.22. The normalized spacial score (nSPS) is 30.9. The molecular weight excluding hydrogens is 512 g/mol. The molecule has 0 radical (unpaired) electrons. The molecule has 0 unspecified atom stereocenters. The molecule has 2 aliphatic heterocycles. The first-order valence-electron chi connectivity index (χ1n) is 13.3. The van der Waals surface area contributed by atoms with Crippen molar-refractivity contribution in [2.24, 2.45) is 11.3 Å². The Kier molecular flexibility index (Phi) is 7.16. The van der Waals surface area contributed by atoms with Crippen LogP contribution < -0.4 is 10.1 Å². The molecule has 8 heteroatoms. The molecule has 38 heavy (non-hydrogen) atoms. The summed E-state index contributed by atoms with van der Waals surface area (Å²) < 4.78 is 35.9. The molecule has 1 aliphatic carbocycles. The number of carbonyl (C=O) groups excluding carboxylic acids is 2. The number of fused-ring (bicyclic) bond motifs is 2. The molecule has 204 valence electrons. The predicted molar refractivity (Wildman–Crippen MR) is 140 cm³/mol. The zero-order chi connectivity index (χ0) is 27.4. The molecule has 1 saturated carbocycles. The Morgan fingerprint density at radius 2 is 1.87 bits per heavy atom. The van der Waals surface area contributed by atoms with Gasteiger partial charge >= 0.3 is 5.97 Å². The molecule has 2 heterocycles. The van der Waals surface area contributed by atoms with Crippen molar-refractivity contribution >= 4 is 23.4 Å². The number of ether oxygens (including phenoxy) is 1.